The molecule has 1 amide bonds. The molecule has 144 valence electrons. The first kappa shape index (κ1) is 20.3. The van der Waals surface area contributed by atoms with Crippen LogP contribution in [0, 0.1) is 0 Å². The van der Waals surface area contributed by atoms with E-state index >= 15 is 0 Å². The lowest BCUT2D eigenvalue weighted by Crippen LogP contribution is -2.36. The molecule has 2 aromatic rings. The van der Waals surface area contributed by atoms with E-state index in [1.807, 2.05) is 55.5 Å². The number of hydrogen-bond donors (Lipinski definition) is 2. The molecule has 6 nitrogen and oxygen atoms in total. The van der Waals surface area contributed by atoms with Gasteiger partial charge in [-0.15, -0.1) is 0 Å². The highest BCUT2D eigenvalue weighted by molar-refractivity contribution is 5.93. The zero-order valence-electron chi connectivity index (χ0n) is 16.5. The minimum Gasteiger partial charge on any atom is -0.497 e. The van der Waals surface area contributed by atoms with Crippen LogP contribution in [-0.4, -0.2) is 44.5 Å². The van der Waals surface area contributed by atoms with Gasteiger partial charge in [-0.25, -0.2) is 4.99 Å². The van der Waals surface area contributed by atoms with Crippen LogP contribution in [-0.2, 0) is 13.1 Å². The van der Waals surface area contributed by atoms with E-state index in [9.17, 15) is 4.79 Å². The van der Waals surface area contributed by atoms with Crippen LogP contribution in [0.15, 0.2) is 53.5 Å². The fourth-order valence-corrected chi connectivity index (χ4v) is 2.49. The normalized spacial score (nSPS) is 11.0. The summed E-state index contributed by atoms with van der Waals surface area (Å²) in [5, 5.41) is 6.56. The molecule has 0 aliphatic carbocycles. The molecule has 0 aliphatic heterocycles. The molecule has 27 heavy (non-hydrogen) atoms. The average Bonchev–Trinajstić information content (AvgIpc) is 2.70. The first-order valence-electron chi connectivity index (χ1n) is 8.99. The lowest BCUT2D eigenvalue weighted by atomic mass is 10.1. The molecule has 0 saturated heterocycles. The minimum absolute atomic E-state index is 0.00250. The van der Waals surface area contributed by atoms with Crippen molar-refractivity contribution in [3.05, 3.63) is 65.2 Å². The zero-order valence-corrected chi connectivity index (χ0v) is 16.5. The molecule has 0 aromatic heterocycles. The van der Waals surface area contributed by atoms with Crippen molar-refractivity contribution in [2.24, 2.45) is 4.99 Å². The largest absolute Gasteiger partial charge is 0.497 e. The molecule has 0 radical (unpaired) electrons. The van der Waals surface area contributed by atoms with Crippen molar-refractivity contribution >= 4 is 11.9 Å². The Morgan fingerprint density at radius 1 is 1.07 bits per heavy atom. The first-order chi connectivity index (χ1) is 13.0. The van der Waals surface area contributed by atoms with E-state index in [0.717, 1.165) is 29.4 Å². The van der Waals surface area contributed by atoms with E-state index in [-0.39, 0.29) is 5.91 Å². The number of carbonyl (C=O) groups is 1. The molecular formula is C21H28N4O2. The lowest BCUT2D eigenvalue weighted by molar-refractivity contribution is 0.0827. The van der Waals surface area contributed by atoms with E-state index < -0.39 is 0 Å². The molecule has 0 atom stereocenters. The maximum atomic E-state index is 11.9. The third kappa shape index (κ3) is 6.33. The van der Waals surface area contributed by atoms with Crippen molar-refractivity contribution < 1.29 is 9.53 Å². The number of nitrogens with one attached hydrogen (secondary N) is 2. The first-order valence-corrected chi connectivity index (χ1v) is 8.99. The van der Waals surface area contributed by atoms with E-state index in [4.69, 9.17) is 4.74 Å². The Morgan fingerprint density at radius 3 is 2.44 bits per heavy atom. The van der Waals surface area contributed by atoms with Crippen molar-refractivity contribution in [3.8, 4) is 5.75 Å². The predicted molar refractivity (Wildman–Crippen MR) is 109 cm³/mol. The van der Waals surface area contributed by atoms with Gasteiger partial charge >= 0.3 is 0 Å². The summed E-state index contributed by atoms with van der Waals surface area (Å²) < 4.78 is 5.25. The second-order valence-corrected chi connectivity index (χ2v) is 6.30. The molecule has 6 heteroatoms. The standard InChI is InChI=1S/C21H28N4O2/c1-5-22-21(24-15-17-7-6-8-19(13-17)27-4)23-14-16-9-11-18(12-10-16)20(26)25(2)3/h6-13H,5,14-15H2,1-4H3,(H2,22,23,24). The fourth-order valence-electron chi connectivity index (χ4n) is 2.49. The Hall–Kier alpha value is -3.02. The van der Waals surface area contributed by atoms with Gasteiger partial charge in [-0.2, -0.15) is 0 Å². The molecule has 2 aromatic carbocycles. The molecule has 0 aliphatic rings. The molecule has 0 bridgehead atoms. The number of methoxy groups -OCH3 is 1. The smallest absolute Gasteiger partial charge is 0.253 e. The number of nitrogens with zero attached hydrogens (tertiary/aromatic N) is 2. The van der Waals surface area contributed by atoms with Crippen molar-refractivity contribution in [1.29, 1.82) is 0 Å². The molecule has 2 rings (SSSR count). The summed E-state index contributed by atoms with van der Waals surface area (Å²) >= 11 is 0. The van der Waals surface area contributed by atoms with Crippen LogP contribution >= 0.6 is 0 Å². The second-order valence-electron chi connectivity index (χ2n) is 6.30. The lowest BCUT2D eigenvalue weighted by Gasteiger charge is -2.13. The van der Waals surface area contributed by atoms with E-state index in [1.54, 1.807) is 26.1 Å². The molecule has 0 unspecified atom stereocenters. The third-order valence-electron chi connectivity index (χ3n) is 3.97. The Labute approximate surface area is 161 Å². The van der Waals surface area contributed by atoms with E-state index in [1.165, 1.54) is 0 Å². The molecule has 0 fully saturated rings. The fraction of sp³-hybridized carbons (Fsp3) is 0.333. The van der Waals surface area contributed by atoms with Crippen molar-refractivity contribution in [2.75, 3.05) is 27.7 Å². The molecular weight excluding hydrogens is 340 g/mol. The van der Waals surface area contributed by atoms with Crippen LogP contribution in [0.4, 0.5) is 0 Å². The van der Waals surface area contributed by atoms with Gasteiger partial charge in [-0.3, -0.25) is 4.79 Å². The summed E-state index contributed by atoms with van der Waals surface area (Å²) in [6, 6.07) is 15.5. The van der Waals surface area contributed by atoms with Crippen LogP contribution in [0.3, 0.4) is 0 Å². The zero-order chi connectivity index (χ0) is 19.6. The van der Waals surface area contributed by atoms with Gasteiger partial charge in [0.1, 0.15) is 5.75 Å². The van der Waals surface area contributed by atoms with Crippen LogP contribution in [0.25, 0.3) is 0 Å². The summed E-state index contributed by atoms with van der Waals surface area (Å²) in [6.07, 6.45) is 0. The van der Waals surface area contributed by atoms with Gasteiger partial charge < -0.3 is 20.3 Å². The number of hydrogen-bond acceptors (Lipinski definition) is 3. The van der Waals surface area contributed by atoms with Crippen molar-refractivity contribution in [3.63, 3.8) is 0 Å². The quantitative estimate of drug-likeness (QED) is 0.582. The highest BCUT2D eigenvalue weighted by Crippen LogP contribution is 2.13. The number of ether oxygens (including phenoxy) is 1. The van der Waals surface area contributed by atoms with Crippen LogP contribution < -0.4 is 15.4 Å². The summed E-state index contributed by atoms with van der Waals surface area (Å²) in [4.78, 5) is 18.1. The molecule has 0 heterocycles. The summed E-state index contributed by atoms with van der Waals surface area (Å²) in [5.74, 6) is 1.57. The molecule has 2 N–H and O–H groups in total. The summed E-state index contributed by atoms with van der Waals surface area (Å²) in [6.45, 7) is 3.99. The van der Waals surface area contributed by atoms with Gasteiger partial charge in [0.2, 0.25) is 0 Å². The van der Waals surface area contributed by atoms with E-state index in [2.05, 4.69) is 15.6 Å². The van der Waals surface area contributed by atoms with Crippen LogP contribution in [0.2, 0.25) is 0 Å². The van der Waals surface area contributed by atoms with Gasteiger partial charge in [0.25, 0.3) is 5.91 Å². The number of aliphatic imine (C=N–C) groups is 1. The Balaban J connectivity index is 1.98. The topological polar surface area (TPSA) is 66.0 Å². The number of benzene rings is 2. The predicted octanol–water partition coefficient (Wildman–Crippen LogP) is 2.65. The highest BCUT2D eigenvalue weighted by Gasteiger charge is 2.07. The highest BCUT2D eigenvalue weighted by atomic mass is 16.5. The SMILES string of the molecule is CCNC(=NCc1cccc(OC)c1)NCc1ccc(C(=O)N(C)C)cc1. The number of rotatable bonds is 7. The van der Waals surface area contributed by atoms with Gasteiger partial charge in [0, 0.05) is 32.7 Å². The Morgan fingerprint density at radius 2 is 1.81 bits per heavy atom. The maximum absolute atomic E-state index is 11.9. The monoisotopic (exact) mass is 368 g/mol. The van der Waals surface area contributed by atoms with Gasteiger partial charge in [0.15, 0.2) is 5.96 Å². The Bertz CT molecular complexity index is 770. The number of carbonyl (C=O) groups excluding carboxylic acids is 1. The average molecular weight is 368 g/mol. The van der Waals surface area contributed by atoms with Gasteiger partial charge in [0.05, 0.1) is 13.7 Å². The van der Waals surface area contributed by atoms with Gasteiger partial charge in [-0.1, -0.05) is 24.3 Å². The van der Waals surface area contributed by atoms with Crippen LogP contribution in [0.1, 0.15) is 28.4 Å². The van der Waals surface area contributed by atoms with Crippen molar-refractivity contribution in [2.45, 2.75) is 20.0 Å². The van der Waals surface area contributed by atoms with Gasteiger partial charge in [-0.05, 0) is 42.3 Å². The maximum Gasteiger partial charge on any atom is 0.253 e. The Kier molecular flexibility index (Phi) is 7.67. The van der Waals surface area contributed by atoms with Crippen LogP contribution in [0.5, 0.6) is 5.75 Å². The minimum atomic E-state index is 0.00250. The third-order valence-corrected chi connectivity index (χ3v) is 3.97. The second kappa shape index (κ2) is 10.2. The number of amides is 1. The van der Waals surface area contributed by atoms with E-state index in [0.29, 0.717) is 18.7 Å². The molecule has 0 spiro atoms. The summed E-state index contributed by atoms with van der Waals surface area (Å²) in [7, 11) is 5.16. The molecule has 0 saturated carbocycles. The van der Waals surface area contributed by atoms with Crippen molar-refractivity contribution in [1.82, 2.24) is 15.5 Å². The number of guanidine groups is 1. The summed E-state index contributed by atoms with van der Waals surface area (Å²) in [5.41, 5.74) is 2.85.